The van der Waals surface area contributed by atoms with Crippen LogP contribution in [0.5, 0.6) is 11.5 Å². The number of Topliss-reactive ketones (excluding diaryl/α,β-unsaturated/α-hetero) is 1. The maximum atomic E-state index is 12.3. The molecule has 0 aliphatic rings. The van der Waals surface area contributed by atoms with Crippen molar-refractivity contribution in [2.45, 2.75) is 20.5 Å². The molecule has 28 heavy (non-hydrogen) atoms. The van der Waals surface area contributed by atoms with Crippen molar-refractivity contribution in [1.29, 1.82) is 0 Å². The van der Waals surface area contributed by atoms with Gasteiger partial charge in [0.05, 0.1) is 6.61 Å². The summed E-state index contributed by atoms with van der Waals surface area (Å²) in [6.07, 6.45) is 0. The van der Waals surface area contributed by atoms with E-state index >= 15 is 0 Å². The molecule has 0 bridgehead atoms. The van der Waals surface area contributed by atoms with Gasteiger partial charge in [-0.2, -0.15) is 0 Å². The number of ether oxygens (including phenoxy) is 2. The smallest absolute Gasteiger partial charge is 0.291 e. The summed E-state index contributed by atoms with van der Waals surface area (Å²) >= 11 is 0. The summed E-state index contributed by atoms with van der Waals surface area (Å²) in [5.41, 5.74) is 1.17. The van der Waals surface area contributed by atoms with Crippen LogP contribution >= 0.6 is 0 Å². The van der Waals surface area contributed by atoms with E-state index in [0.717, 1.165) is 5.75 Å². The standard InChI is InChI=1S/C22H21NO5/c1-3-26-18-8-10-19(11-9-18)27-14-20-12-13-21(28-20)22(25)23-17-6-4-16(5-7-17)15(2)24/h4-13H,3,14H2,1-2H3,(H,23,25). The van der Waals surface area contributed by atoms with E-state index in [9.17, 15) is 9.59 Å². The first-order valence-corrected chi connectivity index (χ1v) is 8.92. The molecule has 0 spiro atoms. The molecule has 0 saturated carbocycles. The van der Waals surface area contributed by atoms with Gasteiger partial charge in [-0.1, -0.05) is 0 Å². The van der Waals surface area contributed by atoms with Crippen LogP contribution in [-0.4, -0.2) is 18.3 Å². The SMILES string of the molecule is CCOc1ccc(OCc2ccc(C(=O)Nc3ccc(C(C)=O)cc3)o2)cc1. The minimum Gasteiger partial charge on any atom is -0.494 e. The van der Waals surface area contributed by atoms with Gasteiger partial charge < -0.3 is 19.2 Å². The molecule has 1 N–H and O–H groups in total. The number of amides is 1. The molecule has 1 amide bonds. The van der Waals surface area contributed by atoms with Gasteiger partial charge in [-0.15, -0.1) is 0 Å². The highest BCUT2D eigenvalue weighted by molar-refractivity contribution is 6.02. The van der Waals surface area contributed by atoms with Gasteiger partial charge in [0.2, 0.25) is 0 Å². The Morgan fingerprint density at radius 2 is 1.54 bits per heavy atom. The fraction of sp³-hybridized carbons (Fsp3) is 0.182. The average molecular weight is 379 g/mol. The number of rotatable bonds is 8. The monoisotopic (exact) mass is 379 g/mol. The predicted molar refractivity (Wildman–Crippen MR) is 105 cm³/mol. The summed E-state index contributed by atoms with van der Waals surface area (Å²) in [6.45, 7) is 4.23. The number of benzene rings is 2. The normalized spacial score (nSPS) is 10.4. The topological polar surface area (TPSA) is 77.8 Å². The molecule has 3 aromatic rings. The summed E-state index contributed by atoms with van der Waals surface area (Å²) in [4.78, 5) is 23.6. The van der Waals surface area contributed by atoms with Crippen LogP contribution in [0, 0.1) is 0 Å². The highest BCUT2D eigenvalue weighted by atomic mass is 16.5. The Hall–Kier alpha value is -3.54. The third-order valence-electron chi connectivity index (χ3n) is 3.95. The number of carbonyl (C=O) groups is 2. The molecule has 3 rings (SSSR count). The molecule has 6 heteroatoms. The number of nitrogens with one attached hydrogen (secondary N) is 1. The van der Waals surface area contributed by atoms with Crippen LogP contribution in [0.1, 0.15) is 40.5 Å². The van der Waals surface area contributed by atoms with Crippen molar-refractivity contribution in [1.82, 2.24) is 0 Å². The predicted octanol–water partition coefficient (Wildman–Crippen LogP) is 4.71. The molecule has 0 unspecified atom stereocenters. The van der Waals surface area contributed by atoms with Gasteiger partial charge in [0.25, 0.3) is 5.91 Å². The van der Waals surface area contributed by atoms with Crippen molar-refractivity contribution in [3.05, 3.63) is 77.7 Å². The van der Waals surface area contributed by atoms with E-state index in [4.69, 9.17) is 13.9 Å². The summed E-state index contributed by atoms with van der Waals surface area (Å²) in [7, 11) is 0. The van der Waals surface area contributed by atoms with E-state index in [1.54, 1.807) is 36.4 Å². The first-order chi connectivity index (χ1) is 13.5. The Bertz CT molecular complexity index is 942. The second-order valence-electron chi connectivity index (χ2n) is 6.05. The Morgan fingerprint density at radius 1 is 0.893 bits per heavy atom. The number of anilines is 1. The maximum Gasteiger partial charge on any atom is 0.291 e. The minimum atomic E-state index is -0.372. The van der Waals surface area contributed by atoms with Crippen LogP contribution in [0.15, 0.2) is 65.1 Å². The van der Waals surface area contributed by atoms with Gasteiger partial charge >= 0.3 is 0 Å². The first-order valence-electron chi connectivity index (χ1n) is 8.92. The molecular formula is C22H21NO5. The van der Waals surface area contributed by atoms with Crippen molar-refractivity contribution >= 4 is 17.4 Å². The van der Waals surface area contributed by atoms with Crippen LogP contribution < -0.4 is 14.8 Å². The summed E-state index contributed by atoms with van der Waals surface area (Å²) < 4.78 is 16.6. The highest BCUT2D eigenvalue weighted by Crippen LogP contribution is 2.20. The minimum absolute atomic E-state index is 0.0268. The van der Waals surface area contributed by atoms with E-state index < -0.39 is 0 Å². The molecule has 2 aromatic carbocycles. The third-order valence-corrected chi connectivity index (χ3v) is 3.95. The molecule has 1 heterocycles. The Kier molecular flexibility index (Phi) is 6.11. The molecule has 0 aliphatic carbocycles. The van der Waals surface area contributed by atoms with Gasteiger partial charge in [0.15, 0.2) is 11.5 Å². The lowest BCUT2D eigenvalue weighted by molar-refractivity contribution is 0.0990. The van der Waals surface area contributed by atoms with Crippen LogP contribution in [0.4, 0.5) is 5.69 Å². The molecule has 6 nitrogen and oxygen atoms in total. The second-order valence-corrected chi connectivity index (χ2v) is 6.05. The van der Waals surface area contributed by atoms with E-state index in [0.29, 0.717) is 29.4 Å². The largest absolute Gasteiger partial charge is 0.494 e. The molecule has 0 saturated heterocycles. The zero-order valence-electron chi connectivity index (χ0n) is 15.7. The van der Waals surface area contributed by atoms with Crippen LogP contribution in [0.3, 0.4) is 0 Å². The van der Waals surface area contributed by atoms with Crippen LogP contribution in [-0.2, 0) is 6.61 Å². The van der Waals surface area contributed by atoms with Crippen LogP contribution in [0.25, 0.3) is 0 Å². The highest BCUT2D eigenvalue weighted by Gasteiger charge is 2.12. The zero-order chi connectivity index (χ0) is 19.9. The maximum absolute atomic E-state index is 12.3. The van der Waals surface area contributed by atoms with E-state index in [1.807, 2.05) is 31.2 Å². The number of hydrogen-bond donors (Lipinski definition) is 1. The quantitative estimate of drug-likeness (QED) is 0.574. The fourth-order valence-corrected chi connectivity index (χ4v) is 2.51. The lowest BCUT2D eigenvalue weighted by atomic mass is 10.1. The van der Waals surface area contributed by atoms with Gasteiger partial charge in [-0.05, 0) is 74.5 Å². The fourth-order valence-electron chi connectivity index (χ4n) is 2.51. The van der Waals surface area contributed by atoms with Crippen molar-refractivity contribution < 1.29 is 23.5 Å². The molecule has 0 fully saturated rings. The van der Waals surface area contributed by atoms with Gasteiger partial charge in [-0.3, -0.25) is 9.59 Å². The molecule has 1 aromatic heterocycles. The third kappa shape index (κ3) is 5.01. The number of furan rings is 1. The van der Waals surface area contributed by atoms with Gasteiger partial charge in [0, 0.05) is 11.3 Å². The molecule has 0 radical (unpaired) electrons. The molecule has 144 valence electrons. The number of carbonyl (C=O) groups excluding carboxylic acids is 2. The lowest BCUT2D eigenvalue weighted by Crippen LogP contribution is -2.11. The van der Waals surface area contributed by atoms with E-state index in [2.05, 4.69) is 5.32 Å². The van der Waals surface area contributed by atoms with Crippen molar-refractivity contribution in [3.8, 4) is 11.5 Å². The summed E-state index contributed by atoms with van der Waals surface area (Å²) in [5, 5.41) is 2.73. The average Bonchev–Trinajstić information content (AvgIpc) is 3.17. The van der Waals surface area contributed by atoms with Crippen molar-refractivity contribution in [2.75, 3.05) is 11.9 Å². The van der Waals surface area contributed by atoms with Crippen molar-refractivity contribution in [2.24, 2.45) is 0 Å². The van der Waals surface area contributed by atoms with Crippen LogP contribution in [0.2, 0.25) is 0 Å². The Balaban J connectivity index is 1.55. The van der Waals surface area contributed by atoms with Gasteiger partial charge in [-0.25, -0.2) is 0 Å². The lowest BCUT2D eigenvalue weighted by Gasteiger charge is -2.06. The zero-order valence-corrected chi connectivity index (χ0v) is 15.7. The Morgan fingerprint density at radius 3 is 2.14 bits per heavy atom. The molecule has 0 atom stereocenters. The number of ketones is 1. The Labute approximate surface area is 163 Å². The second kappa shape index (κ2) is 8.90. The summed E-state index contributed by atoms with van der Waals surface area (Å²) in [5.74, 6) is 1.77. The summed E-state index contributed by atoms with van der Waals surface area (Å²) in [6, 6.07) is 17.2. The first kappa shape index (κ1) is 19.2. The molecular weight excluding hydrogens is 358 g/mol. The van der Waals surface area contributed by atoms with E-state index in [-0.39, 0.29) is 24.1 Å². The van der Waals surface area contributed by atoms with Gasteiger partial charge in [0.1, 0.15) is 23.9 Å². The van der Waals surface area contributed by atoms with E-state index in [1.165, 1.54) is 6.92 Å². The van der Waals surface area contributed by atoms with Crippen molar-refractivity contribution in [3.63, 3.8) is 0 Å². The number of hydrogen-bond acceptors (Lipinski definition) is 5. The molecule has 0 aliphatic heterocycles.